The van der Waals surface area contributed by atoms with Crippen LogP contribution in [0.2, 0.25) is 0 Å². The molecule has 1 saturated heterocycles. The smallest absolute Gasteiger partial charge is 0.166 e. The van der Waals surface area contributed by atoms with Gasteiger partial charge in [-0.3, -0.25) is 4.90 Å². The lowest BCUT2D eigenvalue weighted by atomic mass is 10.1. The van der Waals surface area contributed by atoms with E-state index in [2.05, 4.69) is 61.5 Å². The topological polar surface area (TPSA) is 36.5 Å². The van der Waals surface area contributed by atoms with E-state index in [0.717, 1.165) is 70.3 Å². The molecule has 0 bridgehead atoms. The number of hydrogen-bond acceptors (Lipinski definition) is 3. The largest absolute Gasteiger partial charge is 0.379 e. The molecular formula is C22H39N3OS. The Morgan fingerprint density at radius 1 is 0.926 bits per heavy atom. The van der Waals surface area contributed by atoms with E-state index >= 15 is 0 Å². The minimum Gasteiger partial charge on any atom is -0.379 e. The van der Waals surface area contributed by atoms with Crippen LogP contribution in [-0.4, -0.2) is 55.9 Å². The van der Waals surface area contributed by atoms with Gasteiger partial charge >= 0.3 is 0 Å². The summed E-state index contributed by atoms with van der Waals surface area (Å²) in [7, 11) is 0. The third-order valence-corrected chi connectivity index (χ3v) is 4.94. The molecule has 1 aliphatic rings. The fourth-order valence-electron chi connectivity index (χ4n) is 2.87. The van der Waals surface area contributed by atoms with E-state index in [-0.39, 0.29) is 0 Å². The fourth-order valence-corrected chi connectivity index (χ4v) is 3.06. The van der Waals surface area contributed by atoms with E-state index in [0.29, 0.717) is 0 Å². The molecule has 0 atom stereocenters. The van der Waals surface area contributed by atoms with Crippen LogP contribution < -0.4 is 10.6 Å². The molecule has 0 aromatic rings. The summed E-state index contributed by atoms with van der Waals surface area (Å²) >= 11 is 5.34. The molecule has 1 aliphatic heterocycles. The van der Waals surface area contributed by atoms with Gasteiger partial charge in [-0.15, -0.1) is 0 Å². The monoisotopic (exact) mass is 393 g/mol. The number of allylic oxidation sites excluding steroid dienone is 5. The van der Waals surface area contributed by atoms with Crippen molar-refractivity contribution in [1.82, 2.24) is 15.5 Å². The Morgan fingerprint density at radius 2 is 1.56 bits per heavy atom. The Bertz CT molecular complexity index is 516. The minimum absolute atomic E-state index is 0.738. The normalized spacial score (nSPS) is 16.1. The van der Waals surface area contributed by atoms with Gasteiger partial charge in [0.25, 0.3) is 0 Å². The molecule has 0 radical (unpaired) electrons. The van der Waals surface area contributed by atoms with Crippen molar-refractivity contribution in [3.63, 3.8) is 0 Å². The van der Waals surface area contributed by atoms with Crippen molar-refractivity contribution in [3.05, 3.63) is 34.9 Å². The zero-order valence-electron chi connectivity index (χ0n) is 17.8. The van der Waals surface area contributed by atoms with Crippen LogP contribution in [0, 0.1) is 0 Å². The Morgan fingerprint density at radius 3 is 2.22 bits per heavy atom. The highest BCUT2D eigenvalue weighted by Gasteiger charge is 2.09. The first-order chi connectivity index (χ1) is 13.0. The number of nitrogens with zero attached hydrogens (tertiary/aromatic N) is 1. The zero-order chi connectivity index (χ0) is 19.9. The standard InChI is InChI=1S/C22H39N3OS/c1-19(2)7-5-8-20(3)9-6-10-21(4)11-12-23-22(27)24-13-14-25-15-17-26-18-16-25/h7,9,11H,5-6,8,10,12-18H2,1-4H3,(H2,23,24,27)/b20-9+,21-11+. The lowest BCUT2D eigenvalue weighted by Crippen LogP contribution is -2.43. The van der Waals surface area contributed by atoms with Crippen molar-refractivity contribution >= 4 is 17.3 Å². The van der Waals surface area contributed by atoms with Gasteiger partial charge < -0.3 is 15.4 Å². The first kappa shape index (κ1) is 23.9. The molecule has 1 heterocycles. The molecule has 0 spiro atoms. The maximum absolute atomic E-state index is 5.36. The van der Waals surface area contributed by atoms with Gasteiger partial charge in [-0.05, 0) is 65.6 Å². The summed E-state index contributed by atoms with van der Waals surface area (Å²) < 4.78 is 5.36. The van der Waals surface area contributed by atoms with Gasteiger partial charge in [-0.2, -0.15) is 0 Å². The molecule has 5 heteroatoms. The third kappa shape index (κ3) is 13.6. The first-order valence-electron chi connectivity index (χ1n) is 10.2. The zero-order valence-corrected chi connectivity index (χ0v) is 18.6. The molecular weight excluding hydrogens is 354 g/mol. The maximum Gasteiger partial charge on any atom is 0.166 e. The van der Waals surface area contributed by atoms with Gasteiger partial charge in [-0.1, -0.05) is 34.9 Å². The van der Waals surface area contributed by atoms with E-state index in [9.17, 15) is 0 Å². The van der Waals surface area contributed by atoms with Crippen molar-refractivity contribution < 1.29 is 4.74 Å². The van der Waals surface area contributed by atoms with Gasteiger partial charge in [-0.25, -0.2) is 0 Å². The highest BCUT2D eigenvalue weighted by molar-refractivity contribution is 7.80. The lowest BCUT2D eigenvalue weighted by molar-refractivity contribution is 0.0389. The molecule has 0 saturated carbocycles. The Labute approximate surface area is 172 Å². The Hall–Kier alpha value is -1.17. The fraction of sp³-hybridized carbons (Fsp3) is 0.682. The van der Waals surface area contributed by atoms with Crippen LogP contribution in [-0.2, 0) is 4.74 Å². The van der Waals surface area contributed by atoms with Crippen LogP contribution in [0.3, 0.4) is 0 Å². The average Bonchev–Trinajstić information content (AvgIpc) is 2.62. The second kappa shape index (κ2) is 14.8. The van der Waals surface area contributed by atoms with Crippen LogP contribution >= 0.6 is 12.2 Å². The summed E-state index contributed by atoms with van der Waals surface area (Å²) in [5.41, 5.74) is 4.30. The van der Waals surface area contributed by atoms with Crippen LogP contribution in [0.15, 0.2) is 34.9 Å². The quantitative estimate of drug-likeness (QED) is 0.406. The molecule has 27 heavy (non-hydrogen) atoms. The van der Waals surface area contributed by atoms with Gasteiger partial charge in [0.2, 0.25) is 0 Å². The summed E-state index contributed by atoms with van der Waals surface area (Å²) in [6.45, 7) is 15.2. The highest BCUT2D eigenvalue weighted by Crippen LogP contribution is 2.11. The van der Waals surface area contributed by atoms with Crippen LogP contribution in [0.4, 0.5) is 0 Å². The van der Waals surface area contributed by atoms with Crippen LogP contribution in [0.5, 0.6) is 0 Å². The van der Waals surface area contributed by atoms with Crippen molar-refractivity contribution in [1.29, 1.82) is 0 Å². The van der Waals surface area contributed by atoms with E-state index in [1.807, 2.05) is 0 Å². The summed E-state index contributed by atoms with van der Waals surface area (Å²) in [6.07, 6.45) is 11.5. The average molecular weight is 394 g/mol. The second-order valence-corrected chi connectivity index (χ2v) is 7.96. The highest BCUT2D eigenvalue weighted by atomic mass is 32.1. The van der Waals surface area contributed by atoms with Crippen molar-refractivity contribution in [2.45, 2.75) is 53.4 Å². The predicted octanol–water partition coefficient (Wildman–Crippen LogP) is 4.20. The first-order valence-corrected chi connectivity index (χ1v) is 10.6. The van der Waals surface area contributed by atoms with Gasteiger partial charge in [0.15, 0.2) is 5.11 Å². The van der Waals surface area contributed by atoms with Crippen LogP contribution in [0.25, 0.3) is 0 Å². The molecule has 0 aromatic carbocycles. The number of thiocarbonyl (C=S) groups is 1. The van der Waals surface area contributed by atoms with E-state index in [4.69, 9.17) is 17.0 Å². The van der Waals surface area contributed by atoms with Gasteiger partial charge in [0.05, 0.1) is 13.2 Å². The lowest BCUT2D eigenvalue weighted by Gasteiger charge is -2.26. The van der Waals surface area contributed by atoms with E-state index in [1.165, 1.54) is 23.1 Å². The second-order valence-electron chi connectivity index (χ2n) is 7.55. The number of nitrogens with one attached hydrogen (secondary N) is 2. The summed E-state index contributed by atoms with van der Waals surface area (Å²) in [6, 6.07) is 0. The number of morpholine rings is 1. The van der Waals surface area contributed by atoms with Crippen molar-refractivity contribution in [2.75, 3.05) is 45.9 Å². The molecule has 0 aliphatic carbocycles. The molecule has 154 valence electrons. The van der Waals surface area contributed by atoms with Crippen molar-refractivity contribution in [2.24, 2.45) is 0 Å². The molecule has 1 fully saturated rings. The minimum atomic E-state index is 0.738. The summed E-state index contributed by atoms with van der Waals surface area (Å²) in [4.78, 5) is 2.40. The molecule has 4 nitrogen and oxygen atoms in total. The Balaban J connectivity index is 2.09. The molecule has 0 unspecified atom stereocenters. The predicted molar refractivity (Wildman–Crippen MR) is 121 cm³/mol. The number of hydrogen-bond donors (Lipinski definition) is 2. The molecule has 1 rings (SSSR count). The van der Waals surface area contributed by atoms with E-state index < -0.39 is 0 Å². The number of ether oxygens (including phenoxy) is 1. The molecule has 2 N–H and O–H groups in total. The Kier molecular flexibility index (Phi) is 13.1. The van der Waals surface area contributed by atoms with Gasteiger partial charge in [0, 0.05) is 32.7 Å². The molecule has 0 amide bonds. The summed E-state index contributed by atoms with van der Waals surface area (Å²) in [5, 5.41) is 7.29. The maximum atomic E-state index is 5.36. The van der Waals surface area contributed by atoms with E-state index in [1.54, 1.807) is 0 Å². The third-order valence-electron chi connectivity index (χ3n) is 4.65. The van der Waals surface area contributed by atoms with Crippen molar-refractivity contribution in [3.8, 4) is 0 Å². The SMILES string of the molecule is CC(C)=CCC/C(C)=C/CC/C(C)=C/CNC(=S)NCCN1CCOCC1. The van der Waals surface area contributed by atoms with Crippen LogP contribution in [0.1, 0.15) is 53.4 Å². The number of rotatable bonds is 11. The van der Waals surface area contributed by atoms with Gasteiger partial charge in [0.1, 0.15) is 0 Å². The molecule has 0 aromatic heterocycles. The summed E-state index contributed by atoms with van der Waals surface area (Å²) in [5.74, 6) is 0.